The second-order valence-electron chi connectivity index (χ2n) is 5.29. The van der Waals surface area contributed by atoms with Crippen LogP contribution in [-0.2, 0) is 10.2 Å². The fourth-order valence-electron chi connectivity index (χ4n) is 1.81. The summed E-state index contributed by atoms with van der Waals surface area (Å²) in [4.78, 5) is 17.9. The third-order valence-electron chi connectivity index (χ3n) is 2.86. The SMILES string of the molecule is CCN(CC)C(C(=O)O)c1csc(C(C)(C)C)n1. The molecule has 4 nitrogen and oxygen atoms in total. The first-order valence-electron chi connectivity index (χ1n) is 6.24. The van der Waals surface area contributed by atoms with Crippen LogP contribution in [0.3, 0.4) is 0 Å². The predicted octanol–water partition coefficient (Wildman–Crippen LogP) is 2.91. The molecule has 1 unspecified atom stereocenters. The molecule has 18 heavy (non-hydrogen) atoms. The van der Waals surface area contributed by atoms with Crippen LogP contribution in [0.4, 0.5) is 0 Å². The molecule has 1 aromatic heterocycles. The highest BCUT2D eigenvalue weighted by Crippen LogP contribution is 2.29. The van der Waals surface area contributed by atoms with Gasteiger partial charge in [0.15, 0.2) is 6.04 Å². The summed E-state index contributed by atoms with van der Waals surface area (Å²) in [5, 5.41) is 12.2. The van der Waals surface area contributed by atoms with Crippen molar-refractivity contribution in [3.8, 4) is 0 Å². The first-order valence-corrected chi connectivity index (χ1v) is 7.12. The number of likely N-dealkylation sites (N-methyl/N-ethyl adjacent to an activating group) is 1. The summed E-state index contributed by atoms with van der Waals surface area (Å²) in [6.07, 6.45) is 0. The van der Waals surface area contributed by atoms with Crippen molar-refractivity contribution < 1.29 is 9.90 Å². The summed E-state index contributed by atoms with van der Waals surface area (Å²) in [5.74, 6) is -0.829. The maximum absolute atomic E-state index is 11.4. The van der Waals surface area contributed by atoms with Gasteiger partial charge in [-0.1, -0.05) is 34.6 Å². The van der Waals surface area contributed by atoms with Crippen molar-refractivity contribution >= 4 is 17.3 Å². The number of thiazole rings is 1. The Kier molecular flexibility index (Phi) is 4.87. The van der Waals surface area contributed by atoms with Gasteiger partial charge >= 0.3 is 5.97 Å². The lowest BCUT2D eigenvalue weighted by Gasteiger charge is -2.24. The van der Waals surface area contributed by atoms with Crippen LogP contribution in [0.5, 0.6) is 0 Å². The van der Waals surface area contributed by atoms with Crippen molar-refractivity contribution in [1.29, 1.82) is 0 Å². The Balaban J connectivity index is 3.08. The molecule has 102 valence electrons. The number of carbonyl (C=O) groups is 1. The number of nitrogens with zero attached hydrogens (tertiary/aromatic N) is 2. The highest BCUT2D eigenvalue weighted by Gasteiger charge is 2.29. The van der Waals surface area contributed by atoms with Gasteiger partial charge in [-0.3, -0.25) is 9.69 Å². The minimum atomic E-state index is -0.829. The zero-order valence-corrected chi connectivity index (χ0v) is 12.5. The molecule has 0 saturated heterocycles. The molecule has 0 amide bonds. The summed E-state index contributed by atoms with van der Waals surface area (Å²) >= 11 is 1.54. The van der Waals surface area contributed by atoms with Gasteiger partial charge in [-0.05, 0) is 13.1 Å². The monoisotopic (exact) mass is 270 g/mol. The fourth-order valence-corrected chi connectivity index (χ4v) is 2.74. The average Bonchev–Trinajstić information content (AvgIpc) is 2.73. The number of hydrogen-bond donors (Lipinski definition) is 1. The lowest BCUT2D eigenvalue weighted by molar-refractivity contribution is -0.143. The molecule has 0 aromatic carbocycles. The van der Waals surface area contributed by atoms with E-state index in [1.54, 1.807) is 0 Å². The van der Waals surface area contributed by atoms with Gasteiger partial charge in [0.1, 0.15) is 0 Å². The number of aromatic nitrogens is 1. The predicted molar refractivity (Wildman–Crippen MR) is 74.1 cm³/mol. The van der Waals surface area contributed by atoms with Gasteiger partial charge in [0.25, 0.3) is 0 Å². The summed E-state index contributed by atoms with van der Waals surface area (Å²) in [5.41, 5.74) is 0.621. The maximum Gasteiger partial charge on any atom is 0.327 e. The van der Waals surface area contributed by atoms with Crippen molar-refractivity contribution in [1.82, 2.24) is 9.88 Å². The summed E-state index contributed by atoms with van der Waals surface area (Å²) in [7, 11) is 0. The standard InChI is InChI=1S/C13H22N2O2S/c1-6-15(7-2)10(11(16)17)9-8-18-12(14-9)13(3,4)5/h8,10H,6-7H2,1-5H3,(H,16,17). The summed E-state index contributed by atoms with van der Waals surface area (Å²) in [6, 6.07) is -0.632. The number of aliphatic carboxylic acids is 1. The third kappa shape index (κ3) is 3.29. The molecule has 0 saturated carbocycles. The summed E-state index contributed by atoms with van der Waals surface area (Å²) < 4.78 is 0. The Labute approximate surface area is 113 Å². The molecular weight excluding hydrogens is 248 g/mol. The van der Waals surface area contributed by atoms with Crippen molar-refractivity contribution in [3.05, 3.63) is 16.1 Å². The van der Waals surface area contributed by atoms with Crippen LogP contribution >= 0.6 is 11.3 Å². The zero-order chi connectivity index (χ0) is 13.9. The third-order valence-corrected chi connectivity index (χ3v) is 4.14. The van der Waals surface area contributed by atoms with E-state index in [0.717, 1.165) is 5.01 Å². The molecule has 0 aliphatic heterocycles. The average molecular weight is 270 g/mol. The van der Waals surface area contributed by atoms with Gasteiger partial charge in [-0.2, -0.15) is 0 Å². The van der Waals surface area contributed by atoms with E-state index in [1.807, 2.05) is 24.1 Å². The molecule has 1 N–H and O–H groups in total. The number of carboxylic acids is 1. The molecule has 0 radical (unpaired) electrons. The van der Waals surface area contributed by atoms with E-state index >= 15 is 0 Å². The van der Waals surface area contributed by atoms with Crippen LogP contribution in [0.25, 0.3) is 0 Å². The van der Waals surface area contributed by atoms with Gasteiger partial charge in [0.2, 0.25) is 0 Å². The van der Waals surface area contributed by atoms with Crippen LogP contribution in [0.1, 0.15) is 51.4 Å². The van der Waals surface area contributed by atoms with E-state index in [1.165, 1.54) is 11.3 Å². The van der Waals surface area contributed by atoms with Crippen LogP contribution < -0.4 is 0 Å². The van der Waals surface area contributed by atoms with Crippen LogP contribution in [0.15, 0.2) is 5.38 Å². The lowest BCUT2D eigenvalue weighted by atomic mass is 9.98. The zero-order valence-electron chi connectivity index (χ0n) is 11.7. The number of hydrogen-bond acceptors (Lipinski definition) is 4. The molecule has 1 aromatic rings. The van der Waals surface area contributed by atoms with Crippen molar-refractivity contribution in [2.24, 2.45) is 0 Å². The Morgan fingerprint density at radius 2 is 2.00 bits per heavy atom. The highest BCUT2D eigenvalue weighted by molar-refractivity contribution is 7.09. The van der Waals surface area contributed by atoms with Crippen LogP contribution in [0, 0.1) is 0 Å². The fraction of sp³-hybridized carbons (Fsp3) is 0.692. The minimum absolute atomic E-state index is 0.0325. The van der Waals surface area contributed by atoms with E-state index in [-0.39, 0.29) is 5.41 Å². The van der Waals surface area contributed by atoms with Crippen molar-refractivity contribution in [3.63, 3.8) is 0 Å². The smallest absolute Gasteiger partial charge is 0.327 e. The number of carboxylic acid groups (broad SMARTS) is 1. The molecular formula is C13H22N2O2S. The Morgan fingerprint density at radius 1 is 1.44 bits per heavy atom. The molecule has 1 atom stereocenters. The lowest BCUT2D eigenvalue weighted by Crippen LogP contribution is -2.34. The van der Waals surface area contributed by atoms with E-state index < -0.39 is 12.0 Å². The molecule has 0 aliphatic rings. The van der Waals surface area contributed by atoms with Crippen LogP contribution in [-0.4, -0.2) is 34.0 Å². The molecule has 5 heteroatoms. The Bertz CT molecular complexity index is 405. The quantitative estimate of drug-likeness (QED) is 0.894. The Hall–Kier alpha value is -0.940. The first-order chi connectivity index (χ1) is 8.31. The maximum atomic E-state index is 11.4. The summed E-state index contributed by atoms with van der Waals surface area (Å²) in [6.45, 7) is 11.6. The second kappa shape index (κ2) is 5.80. The normalized spacial score (nSPS) is 13.9. The van der Waals surface area contributed by atoms with Gasteiger partial charge in [-0.25, -0.2) is 4.98 Å². The van der Waals surface area contributed by atoms with Crippen molar-refractivity contribution in [2.45, 2.75) is 46.1 Å². The second-order valence-corrected chi connectivity index (χ2v) is 6.15. The van der Waals surface area contributed by atoms with E-state index in [2.05, 4.69) is 25.8 Å². The van der Waals surface area contributed by atoms with Gasteiger partial charge in [0, 0.05) is 10.8 Å². The highest BCUT2D eigenvalue weighted by atomic mass is 32.1. The van der Waals surface area contributed by atoms with E-state index in [0.29, 0.717) is 18.8 Å². The molecule has 1 rings (SSSR count). The van der Waals surface area contributed by atoms with Gasteiger partial charge in [-0.15, -0.1) is 11.3 Å². The minimum Gasteiger partial charge on any atom is -0.480 e. The topological polar surface area (TPSA) is 53.4 Å². The Morgan fingerprint density at radius 3 is 2.33 bits per heavy atom. The van der Waals surface area contributed by atoms with Gasteiger partial charge < -0.3 is 5.11 Å². The van der Waals surface area contributed by atoms with Gasteiger partial charge in [0.05, 0.1) is 10.7 Å². The molecule has 0 fully saturated rings. The molecule has 0 bridgehead atoms. The molecule has 1 heterocycles. The first kappa shape index (κ1) is 15.1. The van der Waals surface area contributed by atoms with E-state index in [9.17, 15) is 9.90 Å². The molecule has 0 aliphatic carbocycles. The van der Waals surface area contributed by atoms with Crippen LogP contribution in [0.2, 0.25) is 0 Å². The van der Waals surface area contributed by atoms with E-state index in [4.69, 9.17) is 0 Å². The number of rotatable bonds is 5. The largest absolute Gasteiger partial charge is 0.480 e. The van der Waals surface area contributed by atoms with Crippen molar-refractivity contribution in [2.75, 3.05) is 13.1 Å². The molecule has 0 spiro atoms.